The lowest BCUT2D eigenvalue weighted by Gasteiger charge is -2.40. The molecule has 1 aliphatic carbocycles. The fourth-order valence-electron chi connectivity index (χ4n) is 11.7. The van der Waals surface area contributed by atoms with Crippen LogP contribution < -0.4 is 30.7 Å². The second-order valence-electron chi connectivity index (χ2n) is 20.0. The molecule has 15 nitrogen and oxygen atoms in total. The predicted molar refractivity (Wildman–Crippen MR) is 266 cm³/mol. The average molecular weight is 1010 g/mol. The summed E-state index contributed by atoms with van der Waals surface area (Å²) in [5.41, 5.74) is 7.48. The van der Waals surface area contributed by atoms with E-state index >= 15 is 8.78 Å². The number of ether oxygens (including phenoxy) is 2. The van der Waals surface area contributed by atoms with Crippen LogP contribution in [0.15, 0.2) is 71.1 Å². The summed E-state index contributed by atoms with van der Waals surface area (Å²) in [6.07, 6.45) is 5.75. The van der Waals surface area contributed by atoms with Crippen LogP contribution in [-0.4, -0.2) is 115 Å². The van der Waals surface area contributed by atoms with Gasteiger partial charge in [-0.2, -0.15) is 4.98 Å². The Morgan fingerprint density at radius 3 is 2.40 bits per heavy atom. The van der Waals surface area contributed by atoms with Crippen molar-refractivity contribution in [3.63, 3.8) is 0 Å². The molecule has 0 bridgehead atoms. The number of fused-ring (bicyclic) bond motifs is 2. The Morgan fingerprint density at radius 2 is 1.69 bits per heavy atom. The number of halogens is 3. The lowest BCUT2D eigenvalue weighted by molar-refractivity contribution is -0.138. The molecule has 0 radical (unpaired) electrons. The Bertz CT molecular complexity index is 2860. The zero-order chi connectivity index (χ0) is 50.3. The quantitative estimate of drug-likeness (QED) is 0.0833. The number of carbonyl (C=O) groups excluding carboxylic acids is 4. The third kappa shape index (κ3) is 9.63. The van der Waals surface area contributed by atoms with Crippen molar-refractivity contribution in [3.8, 4) is 22.6 Å². The number of oxazole rings is 1. The summed E-state index contributed by atoms with van der Waals surface area (Å²) in [5.74, 6) is -3.65. The topological polar surface area (TPSA) is 193 Å². The highest BCUT2D eigenvalue weighted by molar-refractivity contribution is 6.34. The first-order chi connectivity index (χ1) is 34.8. The Balaban J connectivity index is 0.729. The highest BCUT2D eigenvalue weighted by atomic mass is 35.5. The van der Waals surface area contributed by atoms with E-state index < -0.39 is 34.1 Å². The number of hydrogen-bond acceptors (Lipinski definition) is 12. The third-order valence-corrected chi connectivity index (χ3v) is 16.1. The number of anilines is 1. The molecule has 3 atom stereocenters. The van der Waals surface area contributed by atoms with E-state index in [9.17, 15) is 24.3 Å². The minimum atomic E-state index is -1.10. The number of aliphatic hydroxyl groups excluding tert-OH is 1. The van der Waals surface area contributed by atoms with Crippen molar-refractivity contribution in [2.75, 3.05) is 70.5 Å². The number of likely N-dealkylation sites (tertiary alicyclic amines) is 1. The van der Waals surface area contributed by atoms with Crippen LogP contribution in [0.3, 0.4) is 0 Å². The zero-order valence-electron chi connectivity index (χ0n) is 40.3. The summed E-state index contributed by atoms with van der Waals surface area (Å²) < 4.78 is 50.8. The fraction of sp³-hybridized carbons (Fsp3) is 0.463. The van der Waals surface area contributed by atoms with E-state index in [1.165, 1.54) is 18.2 Å². The first kappa shape index (κ1) is 49.4. The van der Waals surface area contributed by atoms with E-state index in [0.717, 1.165) is 101 Å². The molecule has 0 spiro atoms. The Labute approximate surface area is 421 Å². The molecule has 1 saturated carbocycles. The number of carbonyl (C=O) groups is 4. The number of nitrogens with one attached hydrogen (secondary N) is 2. The summed E-state index contributed by atoms with van der Waals surface area (Å²) in [7, 11) is 0. The Kier molecular flexibility index (Phi) is 14.3. The number of primary amides is 1. The number of aromatic nitrogens is 1. The van der Waals surface area contributed by atoms with Crippen LogP contribution in [0.1, 0.15) is 97.2 Å². The maximum atomic E-state index is 16.5. The summed E-state index contributed by atoms with van der Waals surface area (Å²) in [5, 5.41) is 15.1. The second-order valence-corrected chi connectivity index (χ2v) is 20.4. The summed E-state index contributed by atoms with van der Waals surface area (Å²) >= 11 is 6.72. The largest absolute Gasteiger partial charge is 0.488 e. The van der Waals surface area contributed by atoms with Crippen LogP contribution >= 0.6 is 11.6 Å². The van der Waals surface area contributed by atoms with Crippen molar-refractivity contribution in [1.29, 1.82) is 0 Å². The lowest BCUT2D eigenvalue weighted by Crippen LogP contribution is -2.50. The molecule has 4 aromatic carbocycles. The second kappa shape index (κ2) is 20.8. The molecule has 5 N–H and O–H groups in total. The molecule has 4 fully saturated rings. The van der Waals surface area contributed by atoms with Crippen LogP contribution in [0.5, 0.6) is 11.5 Å². The highest BCUT2D eigenvalue weighted by Crippen LogP contribution is 2.56. The van der Waals surface area contributed by atoms with Gasteiger partial charge in [0.15, 0.2) is 22.8 Å². The molecule has 5 aromatic rings. The molecule has 4 amide bonds. The third-order valence-electron chi connectivity index (χ3n) is 15.7. The summed E-state index contributed by atoms with van der Waals surface area (Å²) in [6.45, 7) is 7.41. The number of rotatable bonds is 14. The number of nitrogens with zero attached hydrogens (tertiary/aromatic N) is 4. The van der Waals surface area contributed by atoms with Crippen molar-refractivity contribution in [3.05, 3.63) is 106 Å². The standard InChI is InChI=1S/C54H60ClF2N7O8/c1-31-45-43(28-39(56)48(55)47(45)46-38(50(58)67)12-15-41(49(46)57)70-26-25-65)72-54(31,35-5-3-2-4-6-35)30-59-36-10-7-33(8-11-36)52(69)63-19-17-32(18-20-63)29-62-21-23-64(24-22-62)53-60-40-14-9-34(27-42(40)71-53)37-13-16-44(66)61-51(37)68/h2-6,9,12,14-15,27-28,31-33,36-37,59,65H,7-8,10-11,13,16-26,29-30H2,1H3,(H2,58,67)(H,61,66,68)/t31-,33?,36?,37?,54-/m0/s1. The predicted octanol–water partition coefficient (Wildman–Crippen LogP) is 7.02. The van der Waals surface area contributed by atoms with Crippen LogP contribution in [0, 0.1) is 23.5 Å². The number of amides is 4. The number of benzene rings is 4. The molecule has 5 aliphatic rings. The molecule has 18 heteroatoms. The van der Waals surface area contributed by atoms with Crippen LogP contribution in [0.2, 0.25) is 5.02 Å². The van der Waals surface area contributed by atoms with Crippen molar-refractivity contribution >= 4 is 52.3 Å². The van der Waals surface area contributed by atoms with Gasteiger partial charge in [-0.15, -0.1) is 0 Å². The number of nitrogens with two attached hydrogens (primary N) is 1. The van der Waals surface area contributed by atoms with Gasteiger partial charge in [-0.3, -0.25) is 29.4 Å². The van der Waals surface area contributed by atoms with Gasteiger partial charge in [0.1, 0.15) is 23.7 Å². The molecular weight excluding hydrogens is 948 g/mol. The molecule has 1 aromatic heterocycles. The van der Waals surface area contributed by atoms with Crippen molar-refractivity contribution in [1.82, 2.24) is 25.4 Å². The van der Waals surface area contributed by atoms with Crippen LogP contribution in [-0.2, 0) is 20.0 Å². The molecule has 10 rings (SSSR count). The number of hydrogen-bond donors (Lipinski definition) is 4. The molecule has 72 heavy (non-hydrogen) atoms. The van der Waals surface area contributed by atoms with Crippen molar-refractivity contribution in [2.24, 2.45) is 17.6 Å². The van der Waals surface area contributed by atoms with Gasteiger partial charge >= 0.3 is 0 Å². The summed E-state index contributed by atoms with van der Waals surface area (Å²) in [6, 6.07) is 19.6. The smallest absolute Gasteiger partial charge is 0.298 e. The van der Waals surface area contributed by atoms with E-state index in [4.69, 9.17) is 36.2 Å². The van der Waals surface area contributed by atoms with Crippen LogP contribution in [0.4, 0.5) is 14.8 Å². The van der Waals surface area contributed by atoms with E-state index in [1.807, 2.05) is 55.5 Å². The van der Waals surface area contributed by atoms with Gasteiger partial charge < -0.3 is 39.8 Å². The fourth-order valence-corrected chi connectivity index (χ4v) is 12.0. The average Bonchev–Trinajstić information content (AvgIpc) is 3.94. The van der Waals surface area contributed by atoms with Gasteiger partial charge in [0.05, 0.1) is 23.1 Å². The first-order valence-corrected chi connectivity index (χ1v) is 25.6. The Hall–Kier alpha value is -6.14. The number of piperazine rings is 1. The van der Waals surface area contributed by atoms with Crippen LogP contribution in [0.25, 0.3) is 22.2 Å². The number of imide groups is 1. The molecule has 380 valence electrons. The van der Waals surface area contributed by atoms with E-state index in [-0.39, 0.29) is 77.0 Å². The zero-order valence-corrected chi connectivity index (χ0v) is 41.0. The molecular formula is C54H60ClF2N7O8. The Morgan fingerprint density at radius 1 is 0.944 bits per heavy atom. The van der Waals surface area contributed by atoms with Gasteiger partial charge in [-0.25, -0.2) is 8.78 Å². The van der Waals surface area contributed by atoms with Crippen molar-refractivity contribution in [2.45, 2.75) is 81.8 Å². The maximum absolute atomic E-state index is 16.5. The lowest BCUT2D eigenvalue weighted by atomic mass is 9.77. The molecule has 4 aliphatic heterocycles. The highest BCUT2D eigenvalue weighted by Gasteiger charge is 2.50. The molecule has 1 unspecified atom stereocenters. The summed E-state index contributed by atoms with van der Waals surface area (Å²) in [4.78, 5) is 62.3. The minimum Gasteiger partial charge on any atom is -0.488 e. The molecule has 3 saturated heterocycles. The maximum Gasteiger partial charge on any atom is 0.298 e. The van der Waals surface area contributed by atoms with Gasteiger partial charge in [-0.1, -0.05) is 54.9 Å². The van der Waals surface area contributed by atoms with E-state index in [0.29, 0.717) is 42.5 Å². The van der Waals surface area contributed by atoms with Gasteiger partial charge in [0.25, 0.3) is 6.01 Å². The van der Waals surface area contributed by atoms with Gasteiger partial charge in [0.2, 0.25) is 23.6 Å². The number of piperidine rings is 2. The van der Waals surface area contributed by atoms with Gasteiger partial charge in [0, 0.05) is 99.4 Å². The van der Waals surface area contributed by atoms with E-state index in [1.54, 1.807) is 0 Å². The van der Waals surface area contributed by atoms with E-state index in [2.05, 4.69) is 25.3 Å². The number of aliphatic hydroxyl groups is 1. The SMILES string of the molecule is C[C@H]1c2c(cc(F)c(Cl)c2-c2c(C(N)=O)ccc(OCCO)c2F)O[C@]1(CNC1CCC(C(=O)N2CCC(CN3CCN(c4nc5ccc(C6CCC(=O)NC6=O)cc5o4)CC3)CC2)CC1)c1ccccc1. The normalized spacial score (nSPS) is 24.0. The van der Waals surface area contributed by atoms with Gasteiger partial charge in [-0.05, 0) is 86.3 Å². The first-order valence-electron chi connectivity index (χ1n) is 25.2. The van der Waals surface area contributed by atoms with Crippen molar-refractivity contribution < 1.29 is 47.0 Å². The monoisotopic (exact) mass is 1010 g/mol. The molecule has 5 heterocycles. The minimum absolute atomic E-state index is 0.0526.